The first kappa shape index (κ1) is 17.0. The fourth-order valence-electron chi connectivity index (χ4n) is 3.74. The number of carbonyl (C=O) groups excluding carboxylic acids is 1. The Labute approximate surface area is 157 Å². The van der Waals surface area contributed by atoms with Crippen molar-refractivity contribution in [3.63, 3.8) is 0 Å². The zero-order chi connectivity index (χ0) is 18.3. The molecular formula is C21H22N2O2S. The van der Waals surface area contributed by atoms with Crippen molar-refractivity contribution in [3.8, 4) is 5.75 Å². The van der Waals surface area contributed by atoms with Crippen molar-refractivity contribution in [1.82, 2.24) is 4.98 Å². The van der Waals surface area contributed by atoms with Crippen LogP contribution in [0.5, 0.6) is 5.75 Å². The number of ketones is 1. The molecule has 2 heterocycles. The van der Waals surface area contributed by atoms with E-state index in [0.717, 1.165) is 29.0 Å². The third-order valence-electron chi connectivity index (χ3n) is 5.32. The van der Waals surface area contributed by atoms with E-state index in [1.165, 1.54) is 35.4 Å². The van der Waals surface area contributed by atoms with E-state index >= 15 is 0 Å². The molecule has 1 aliphatic rings. The van der Waals surface area contributed by atoms with E-state index in [-0.39, 0.29) is 5.78 Å². The van der Waals surface area contributed by atoms with E-state index in [1.54, 1.807) is 19.2 Å². The molecule has 1 aromatic carbocycles. The lowest BCUT2D eigenvalue weighted by molar-refractivity contribution is 0.104. The molecule has 0 bridgehead atoms. The van der Waals surface area contributed by atoms with E-state index in [9.17, 15) is 4.79 Å². The van der Waals surface area contributed by atoms with Gasteiger partial charge in [0, 0.05) is 11.1 Å². The maximum absolute atomic E-state index is 13.1. The molecule has 0 radical (unpaired) electrons. The number of anilines is 1. The summed E-state index contributed by atoms with van der Waals surface area (Å²) in [6, 6.07) is 9.41. The standard InChI is InChI=1S/C21H22N2O2S/c1-3-12-8-9-16-13(10-12)11-15-18(22)20(26-21(15)23-16)19(24)14-6-4-5-7-17(14)25-2/h4-7,11-12H,3,8-10,22H2,1-2H3/t12-/m1/s1. The largest absolute Gasteiger partial charge is 0.496 e. The van der Waals surface area contributed by atoms with Crippen LogP contribution in [0.25, 0.3) is 10.2 Å². The van der Waals surface area contributed by atoms with Crippen LogP contribution in [0.2, 0.25) is 0 Å². The summed E-state index contributed by atoms with van der Waals surface area (Å²) in [5.74, 6) is 1.18. The van der Waals surface area contributed by atoms with Gasteiger partial charge in [-0.3, -0.25) is 4.79 Å². The van der Waals surface area contributed by atoms with Crippen LogP contribution in [0.3, 0.4) is 0 Å². The van der Waals surface area contributed by atoms with Gasteiger partial charge in [0.25, 0.3) is 0 Å². The third-order valence-corrected chi connectivity index (χ3v) is 6.44. The molecule has 0 saturated heterocycles. The predicted octanol–water partition coefficient (Wildman–Crippen LogP) is 4.63. The van der Waals surface area contributed by atoms with Gasteiger partial charge in [0.15, 0.2) is 0 Å². The number of aryl methyl sites for hydroxylation is 1. The number of ether oxygens (including phenoxy) is 1. The number of nitrogen functional groups attached to an aromatic ring is 1. The van der Waals surface area contributed by atoms with Crippen LogP contribution in [0.1, 0.15) is 46.3 Å². The lowest BCUT2D eigenvalue weighted by Gasteiger charge is -2.22. The SMILES string of the molecule is CC[C@@H]1CCc2nc3sc(C(=O)c4ccccc4OC)c(N)c3cc2C1. The average molecular weight is 366 g/mol. The van der Waals surface area contributed by atoms with Crippen molar-refractivity contribution in [2.75, 3.05) is 12.8 Å². The molecule has 134 valence electrons. The second kappa shape index (κ2) is 6.72. The highest BCUT2D eigenvalue weighted by Gasteiger charge is 2.24. The van der Waals surface area contributed by atoms with Crippen LogP contribution in [0.15, 0.2) is 30.3 Å². The minimum absolute atomic E-state index is 0.104. The van der Waals surface area contributed by atoms with E-state index in [0.29, 0.717) is 21.9 Å². The summed E-state index contributed by atoms with van der Waals surface area (Å²) < 4.78 is 5.33. The number of fused-ring (bicyclic) bond motifs is 2. The number of aromatic nitrogens is 1. The smallest absolute Gasteiger partial charge is 0.208 e. The first-order valence-electron chi connectivity index (χ1n) is 9.00. The maximum atomic E-state index is 13.1. The van der Waals surface area contributed by atoms with Crippen molar-refractivity contribution in [3.05, 3.63) is 52.0 Å². The fourth-order valence-corrected chi connectivity index (χ4v) is 4.79. The highest BCUT2D eigenvalue weighted by Crippen LogP contribution is 2.38. The number of thiophene rings is 1. The number of nitrogens with two attached hydrogens (primary N) is 1. The summed E-state index contributed by atoms with van der Waals surface area (Å²) in [5, 5.41) is 0.906. The summed E-state index contributed by atoms with van der Waals surface area (Å²) in [6.07, 6.45) is 4.45. The second-order valence-electron chi connectivity index (χ2n) is 6.84. The number of hydrogen-bond donors (Lipinski definition) is 1. The Hall–Kier alpha value is -2.40. The molecule has 1 aliphatic carbocycles. The van der Waals surface area contributed by atoms with Crippen LogP contribution in [-0.4, -0.2) is 17.9 Å². The molecule has 0 saturated carbocycles. The van der Waals surface area contributed by atoms with Crippen LogP contribution in [0, 0.1) is 5.92 Å². The zero-order valence-corrected chi connectivity index (χ0v) is 15.9. The van der Waals surface area contributed by atoms with Crippen LogP contribution < -0.4 is 10.5 Å². The number of methoxy groups -OCH3 is 1. The van der Waals surface area contributed by atoms with Crippen molar-refractivity contribution < 1.29 is 9.53 Å². The third kappa shape index (κ3) is 2.76. The van der Waals surface area contributed by atoms with E-state index in [2.05, 4.69) is 13.0 Å². The van der Waals surface area contributed by atoms with Gasteiger partial charge in [0.1, 0.15) is 15.5 Å². The molecule has 2 N–H and O–H groups in total. The average Bonchev–Trinajstić information content (AvgIpc) is 3.01. The molecule has 4 nitrogen and oxygen atoms in total. The Kier molecular flexibility index (Phi) is 4.41. The molecule has 4 rings (SSSR count). The van der Waals surface area contributed by atoms with Gasteiger partial charge in [0.05, 0.1) is 18.4 Å². The number of para-hydroxylation sites is 1. The van der Waals surface area contributed by atoms with Crippen LogP contribution >= 0.6 is 11.3 Å². The second-order valence-corrected chi connectivity index (χ2v) is 7.84. The molecule has 26 heavy (non-hydrogen) atoms. The Morgan fingerprint density at radius 2 is 2.19 bits per heavy atom. The molecule has 2 aromatic heterocycles. The predicted molar refractivity (Wildman–Crippen MR) is 106 cm³/mol. The monoisotopic (exact) mass is 366 g/mol. The van der Waals surface area contributed by atoms with Crippen LogP contribution in [0.4, 0.5) is 5.69 Å². The molecule has 3 aromatic rings. The number of pyridine rings is 1. The highest BCUT2D eigenvalue weighted by molar-refractivity contribution is 7.21. The van der Waals surface area contributed by atoms with Gasteiger partial charge < -0.3 is 10.5 Å². The Balaban J connectivity index is 1.80. The van der Waals surface area contributed by atoms with Crippen molar-refractivity contribution in [2.45, 2.75) is 32.6 Å². The van der Waals surface area contributed by atoms with Gasteiger partial charge >= 0.3 is 0 Å². The lowest BCUT2D eigenvalue weighted by Crippen LogP contribution is -2.14. The normalized spacial score (nSPS) is 16.5. The van der Waals surface area contributed by atoms with Gasteiger partial charge in [-0.1, -0.05) is 25.5 Å². The Bertz CT molecular complexity index is 993. The maximum Gasteiger partial charge on any atom is 0.208 e. The molecule has 5 heteroatoms. The summed E-state index contributed by atoms with van der Waals surface area (Å²) in [4.78, 5) is 19.3. The van der Waals surface area contributed by atoms with Gasteiger partial charge in [-0.2, -0.15) is 0 Å². The molecular weight excluding hydrogens is 344 g/mol. The van der Waals surface area contributed by atoms with Gasteiger partial charge in [-0.05, 0) is 48.9 Å². The quantitative estimate of drug-likeness (QED) is 0.684. The summed E-state index contributed by atoms with van der Waals surface area (Å²) in [6.45, 7) is 2.24. The number of rotatable bonds is 4. The number of carbonyl (C=O) groups is 1. The van der Waals surface area contributed by atoms with E-state index in [1.807, 2.05) is 12.1 Å². The molecule has 0 amide bonds. The fraction of sp³-hybridized carbons (Fsp3) is 0.333. The topological polar surface area (TPSA) is 65.2 Å². The number of benzene rings is 1. The van der Waals surface area contributed by atoms with Gasteiger partial charge in [-0.15, -0.1) is 11.3 Å². The van der Waals surface area contributed by atoms with Gasteiger partial charge in [0.2, 0.25) is 5.78 Å². The summed E-state index contributed by atoms with van der Waals surface area (Å²) >= 11 is 1.38. The molecule has 0 fully saturated rings. The first-order chi connectivity index (χ1) is 12.6. The molecule has 0 aliphatic heterocycles. The van der Waals surface area contributed by atoms with Crippen molar-refractivity contribution in [1.29, 1.82) is 0 Å². The van der Waals surface area contributed by atoms with Crippen molar-refractivity contribution >= 4 is 33.0 Å². The van der Waals surface area contributed by atoms with Gasteiger partial charge in [-0.25, -0.2) is 4.98 Å². The Morgan fingerprint density at radius 3 is 2.96 bits per heavy atom. The van der Waals surface area contributed by atoms with E-state index in [4.69, 9.17) is 15.5 Å². The van der Waals surface area contributed by atoms with Crippen LogP contribution in [-0.2, 0) is 12.8 Å². The number of hydrogen-bond acceptors (Lipinski definition) is 5. The molecule has 0 spiro atoms. The number of nitrogens with zero attached hydrogens (tertiary/aromatic N) is 1. The lowest BCUT2D eigenvalue weighted by atomic mass is 9.85. The van der Waals surface area contributed by atoms with E-state index < -0.39 is 0 Å². The minimum atomic E-state index is -0.104. The molecule has 0 unspecified atom stereocenters. The molecule has 1 atom stereocenters. The zero-order valence-electron chi connectivity index (χ0n) is 15.0. The summed E-state index contributed by atoms with van der Waals surface area (Å²) in [5.41, 5.74) is 9.90. The first-order valence-corrected chi connectivity index (χ1v) is 9.82. The minimum Gasteiger partial charge on any atom is -0.496 e. The summed E-state index contributed by atoms with van der Waals surface area (Å²) in [7, 11) is 1.57. The van der Waals surface area contributed by atoms with Crippen molar-refractivity contribution in [2.24, 2.45) is 5.92 Å². The Morgan fingerprint density at radius 1 is 1.38 bits per heavy atom. The highest BCUT2D eigenvalue weighted by atomic mass is 32.1.